The molecule has 0 bridgehead atoms. The molecule has 2 aromatic carbocycles. The van der Waals surface area contributed by atoms with Crippen LogP contribution in [0.5, 0.6) is 0 Å². The Morgan fingerprint density at radius 2 is 1.76 bits per heavy atom. The van der Waals surface area contributed by atoms with E-state index in [1.807, 2.05) is 50.2 Å². The van der Waals surface area contributed by atoms with Crippen LogP contribution >= 0.6 is 0 Å². The van der Waals surface area contributed by atoms with Crippen LogP contribution in [0.25, 0.3) is 0 Å². The number of hydrazine groups is 1. The molecule has 3 rings (SSSR count). The molecule has 0 fully saturated rings. The number of benzene rings is 2. The van der Waals surface area contributed by atoms with Crippen molar-refractivity contribution in [3.8, 4) is 0 Å². The van der Waals surface area contributed by atoms with Crippen molar-refractivity contribution >= 4 is 30.8 Å². The molecule has 11 heteroatoms. The minimum atomic E-state index is -1.56. The van der Waals surface area contributed by atoms with E-state index in [4.69, 9.17) is 4.74 Å². The fraction of sp³-hybridized carbons (Fsp3) is 0.259. The summed E-state index contributed by atoms with van der Waals surface area (Å²) in [5, 5.41) is 25.9. The van der Waals surface area contributed by atoms with Gasteiger partial charge in [-0.1, -0.05) is 74.5 Å². The molecular formula is C27H32BN5O5. The minimum Gasteiger partial charge on any atom is -0.443 e. The molecule has 38 heavy (non-hydrogen) atoms. The molecule has 10 nitrogen and oxygen atoms in total. The fourth-order valence-electron chi connectivity index (χ4n) is 3.42. The maximum Gasteiger partial charge on any atom is 0.488 e. The smallest absolute Gasteiger partial charge is 0.443 e. The zero-order chi connectivity index (χ0) is 27.3. The van der Waals surface area contributed by atoms with Gasteiger partial charge in [0.05, 0.1) is 12.8 Å². The number of nitrogens with zero attached hydrogens (tertiary/aromatic N) is 4. The highest BCUT2D eigenvalue weighted by Gasteiger charge is 2.21. The van der Waals surface area contributed by atoms with Crippen molar-refractivity contribution in [1.29, 1.82) is 0 Å². The number of hydrogen-bond donors (Lipinski definition) is 3. The average molecular weight is 517 g/mol. The second-order valence-corrected chi connectivity index (χ2v) is 9.04. The van der Waals surface area contributed by atoms with E-state index in [0.717, 1.165) is 11.1 Å². The van der Waals surface area contributed by atoms with Crippen LogP contribution in [0.3, 0.4) is 0 Å². The highest BCUT2D eigenvalue weighted by atomic mass is 16.6. The van der Waals surface area contributed by atoms with Gasteiger partial charge in [-0.25, -0.2) is 15.2 Å². The molecule has 0 spiro atoms. The Bertz CT molecular complexity index is 1180. The van der Waals surface area contributed by atoms with Crippen LogP contribution in [0.4, 0.5) is 4.79 Å². The third kappa shape index (κ3) is 9.68. The Morgan fingerprint density at radius 3 is 2.39 bits per heavy atom. The molecule has 3 N–H and O–H groups in total. The third-order valence-corrected chi connectivity index (χ3v) is 5.30. The topological polar surface area (TPSA) is 128 Å². The molecule has 198 valence electrons. The second-order valence-electron chi connectivity index (χ2n) is 9.04. The quantitative estimate of drug-likeness (QED) is 0.202. The second kappa shape index (κ2) is 14.5. The molecule has 0 radical (unpaired) electrons. The number of nitrogens with one attached hydrogen (secondary N) is 1. The number of carbonyl (C=O) groups is 2. The van der Waals surface area contributed by atoms with Gasteiger partial charge in [0.15, 0.2) is 0 Å². The molecule has 0 saturated carbocycles. The van der Waals surface area contributed by atoms with Crippen LogP contribution in [0, 0.1) is 5.92 Å². The number of aromatic nitrogens is 1. The predicted octanol–water partition coefficient (Wildman–Crippen LogP) is 1.92. The number of rotatable bonds is 11. The van der Waals surface area contributed by atoms with Crippen LogP contribution in [-0.4, -0.2) is 63.5 Å². The Balaban J connectivity index is 1.70. The number of hydrogen-bond acceptors (Lipinski definition) is 8. The zero-order valence-electron chi connectivity index (χ0n) is 21.5. The predicted molar refractivity (Wildman–Crippen MR) is 145 cm³/mol. The summed E-state index contributed by atoms with van der Waals surface area (Å²) in [6.45, 7) is 4.43. The van der Waals surface area contributed by atoms with Crippen molar-refractivity contribution in [2.45, 2.75) is 27.0 Å². The molecule has 1 aromatic heterocycles. The number of pyridine rings is 1. The lowest BCUT2D eigenvalue weighted by Crippen LogP contribution is -2.50. The Labute approximate surface area is 222 Å². The maximum atomic E-state index is 13.3. The molecule has 2 amide bonds. The van der Waals surface area contributed by atoms with Crippen LogP contribution in [0.2, 0.25) is 0 Å². The van der Waals surface area contributed by atoms with Gasteiger partial charge in [0.25, 0.3) is 5.91 Å². The van der Waals surface area contributed by atoms with Gasteiger partial charge in [0.2, 0.25) is 0 Å². The minimum absolute atomic E-state index is 0.0832. The van der Waals surface area contributed by atoms with Gasteiger partial charge in [0.1, 0.15) is 13.2 Å². The lowest BCUT2D eigenvalue weighted by molar-refractivity contribution is -0.136. The van der Waals surface area contributed by atoms with E-state index in [0.29, 0.717) is 17.6 Å². The van der Waals surface area contributed by atoms with Crippen molar-refractivity contribution < 1.29 is 24.4 Å². The molecule has 0 saturated heterocycles. The molecule has 0 aliphatic carbocycles. The van der Waals surface area contributed by atoms with Gasteiger partial charge in [0, 0.05) is 18.9 Å². The molecular weight excluding hydrogens is 485 g/mol. The summed E-state index contributed by atoms with van der Waals surface area (Å²) in [5.74, 6) is -0.279. The zero-order valence-corrected chi connectivity index (χ0v) is 21.5. The van der Waals surface area contributed by atoms with E-state index in [2.05, 4.69) is 15.5 Å². The first-order chi connectivity index (χ1) is 18.3. The molecule has 0 atom stereocenters. The average Bonchev–Trinajstić information content (AvgIpc) is 2.91. The summed E-state index contributed by atoms with van der Waals surface area (Å²) in [4.78, 5) is 29.9. The highest BCUT2D eigenvalue weighted by molar-refractivity contribution is 6.58. The van der Waals surface area contributed by atoms with Gasteiger partial charge in [-0.15, -0.1) is 0 Å². The lowest BCUT2D eigenvalue weighted by Gasteiger charge is -2.27. The van der Waals surface area contributed by atoms with Crippen LogP contribution in [0.1, 0.15) is 30.5 Å². The van der Waals surface area contributed by atoms with E-state index in [-0.39, 0.29) is 31.5 Å². The van der Waals surface area contributed by atoms with Gasteiger partial charge in [-0.3, -0.25) is 14.8 Å². The van der Waals surface area contributed by atoms with Crippen LogP contribution in [-0.2, 0) is 22.7 Å². The number of amides is 2. The van der Waals surface area contributed by atoms with Crippen molar-refractivity contribution in [2.75, 3.05) is 13.1 Å². The van der Waals surface area contributed by atoms with Crippen molar-refractivity contribution in [2.24, 2.45) is 11.0 Å². The Morgan fingerprint density at radius 1 is 1.05 bits per heavy atom. The van der Waals surface area contributed by atoms with Gasteiger partial charge < -0.3 is 14.8 Å². The number of ether oxygens (including phenoxy) is 1. The molecule has 0 aliphatic heterocycles. The van der Waals surface area contributed by atoms with Gasteiger partial charge >= 0.3 is 13.2 Å². The summed E-state index contributed by atoms with van der Waals surface area (Å²) >= 11 is 0. The van der Waals surface area contributed by atoms with Crippen LogP contribution in [0.15, 0.2) is 84.2 Å². The van der Waals surface area contributed by atoms with Gasteiger partial charge in [-0.05, 0) is 34.1 Å². The van der Waals surface area contributed by atoms with Crippen molar-refractivity contribution in [1.82, 2.24) is 20.4 Å². The van der Waals surface area contributed by atoms with Crippen molar-refractivity contribution in [3.63, 3.8) is 0 Å². The van der Waals surface area contributed by atoms with E-state index < -0.39 is 13.2 Å². The summed E-state index contributed by atoms with van der Waals surface area (Å²) in [5.41, 5.74) is 5.32. The maximum absolute atomic E-state index is 13.3. The Kier molecular flexibility index (Phi) is 10.8. The molecule has 3 aromatic rings. The Hall–Kier alpha value is -4.22. The molecule has 1 heterocycles. The largest absolute Gasteiger partial charge is 0.488 e. The molecule has 0 unspecified atom stereocenters. The summed E-state index contributed by atoms with van der Waals surface area (Å²) in [7, 11) is -1.56. The summed E-state index contributed by atoms with van der Waals surface area (Å²) in [6, 6.07) is 19.5. The first kappa shape index (κ1) is 28.4. The van der Waals surface area contributed by atoms with E-state index >= 15 is 0 Å². The number of carbonyl (C=O) groups excluding carboxylic acids is 2. The first-order valence-electron chi connectivity index (χ1n) is 12.2. The van der Waals surface area contributed by atoms with E-state index in [1.54, 1.807) is 53.9 Å². The van der Waals surface area contributed by atoms with Gasteiger partial charge in [-0.2, -0.15) is 5.10 Å². The summed E-state index contributed by atoms with van der Waals surface area (Å²) in [6.07, 6.45) is 4.20. The fourth-order valence-corrected chi connectivity index (χ4v) is 3.42. The number of hydrazone groups is 1. The normalized spacial score (nSPS) is 10.9. The molecule has 0 aliphatic rings. The van der Waals surface area contributed by atoms with E-state index in [1.165, 1.54) is 5.01 Å². The summed E-state index contributed by atoms with van der Waals surface area (Å²) < 4.78 is 5.29. The SMILES string of the molecule is CC(C)CN(NC(=O)OCc1ccccc1)C(=O)CN(Cc1cccnc1)/N=C/c1ccc(B(O)O)cc1. The monoisotopic (exact) mass is 517 g/mol. The standard InChI is InChI=1S/C27H32BN5O5/c1-21(2)17-33(31-27(35)38-20-23-7-4-3-5-8-23)26(34)19-32(18-24-9-6-14-29-15-24)30-16-22-10-12-25(13-11-22)28(36)37/h3-16,21,36-37H,17-20H2,1-2H3,(H,31,35)/b30-16+. The van der Waals surface area contributed by atoms with Crippen LogP contribution < -0.4 is 10.9 Å². The van der Waals surface area contributed by atoms with E-state index in [9.17, 15) is 19.6 Å². The lowest BCUT2D eigenvalue weighted by atomic mass is 9.80. The highest BCUT2D eigenvalue weighted by Crippen LogP contribution is 2.07. The third-order valence-electron chi connectivity index (χ3n) is 5.30. The van der Waals surface area contributed by atoms with Crippen molar-refractivity contribution in [3.05, 3.63) is 95.8 Å². The first-order valence-corrected chi connectivity index (χ1v) is 12.2.